The highest BCUT2D eigenvalue weighted by molar-refractivity contribution is 7.96. The molecule has 0 fully saturated rings. The molecule has 0 aromatic rings. The minimum Gasteiger partial charge on any atom is -0.287 e. The summed E-state index contributed by atoms with van der Waals surface area (Å²) < 4.78 is 0. The predicted molar refractivity (Wildman–Crippen MR) is 41.4 cm³/mol. The molecule has 9 heavy (non-hydrogen) atoms. The molecule has 4 nitrogen and oxygen atoms in total. The van der Waals surface area contributed by atoms with Crippen molar-refractivity contribution in [3.63, 3.8) is 0 Å². The maximum Gasteiger partial charge on any atom is 0.192 e. The number of thiocarbonyl (C=S) groups is 1. The van der Waals surface area contributed by atoms with Crippen molar-refractivity contribution in [2.75, 3.05) is 0 Å². The Bertz CT molecular complexity index is 135. The molecule has 0 aliphatic rings. The molecular weight excluding hydrogens is 158 g/mol. The highest BCUT2D eigenvalue weighted by Crippen LogP contribution is 1.91. The molecule has 0 aliphatic heterocycles. The van der Waals surface area contributed by atoms with E-state index in [9.17, 15) is 4.79 Å². The van der Waals surface area contributed by atoms with E-state index in [0.717, 1.165) is 5.12 Å². The zero-order chi connectivity index (χ0) is 7.44. The van der Waals surface area contributed by atoms with Gasteiger partial charge in [0, 0.05) is 0 Å². The quantitative estimate of drug-likeness (QED) is 0.216. The molecule has 52 valence electrons. The predicted octanol–water partition coefficient (Wildman–Crippen LogP) is -0.790. The Morgan fingerprint density at radius 2 is 2.11 bits per heavy atom. The lowest BCUT2D eigenvalue weighted by molar-refractivity contribution is -0.109. The van der Waals surface area contributed by atoms with Crippen LogP contribution in [0, 0.1) is 0 Å². The van der Waals surface area contributed by atoms with E-state index in [0.29, 0.717) is 0 Å². The van der Waals surface area contributed by atoms with Gasteiger partial charge in [-0.05, 0) is 0 Å². The number of rotatable bonds is 2. The van der Waals surface area contributed by atoms with Gasteiger partial charge in [0.2, 0.25) is 0 Å². The summed E-state index contributed by atoms with van der Waals surface area (Å²) in [6.07, 6.45) is 0.00540. The van der Waals surface area contributed by atoms with Gasteiger partial charge < -0.3 is 0 Å². The zero-order valence-corrected chi connectivity index (χ0v) is 6.28. The van der Waals surface area contributed by atoms with Crippen molar-refractivity contribution in [1.29, 1.82) is 0 Å². The van der Waals surface area contributed by atoms with Crippen LogP contribution >= 0.6 is 24.8 Å². The molecule has 0 amide bonds. The summed E-state index contributed by atoms with van der Waals surface area (Å²) >= 11 is 8.03. The van der Waals surface area contributed by atoms with E-state index in [1.807, 2.05) is 0 Å². The summed E-state index contributed by atoms with van der Waals surface area (Å²) in [4.78, 5) is 10.4. The molecule has 0 aliphatic carbocycles. The molecule has 0 radical (unpaired) electrons. The Hall–Kier alpha value is -0.170. The normalized spacial score (nSPS) is 8.78. The van der Waals surface area contributed by atoms with Crippen LogP contribution < -0.4 is 11.7 Å². The van der Waals surface area contributed by atoms with Crippen LogP contribution in [0.3, 0.4) is 0 Å². The fourth-order valence-corrected chi connectivity index (χ4v) is 0.608. The monoisotopic (exact) mass is 165 g/mol. The Morgan fingerprint density at radius 3 is 2.22 bits per heavy atom. The summed E-state index contributed by atoms with van der Waals surface area (Å²) in [7, 11) is 0. The number of nitrogens with zero attached hydrogens (tertiary/aromatic N) is 1. The SMILES string of the molecule is NN(N)C(=S)CC(=O)S. The van der Waals surface area contributed by atoms with Crippen LogP contribution in [-0.2, 0) is 4.79 Å². The van der Waals surface area contributed by atoms with Crippen molar-refractivity contribution in [1.82, 2.24) is 5.12 Å². The number of thiol groups is 1. The standard InChI is InChI=1S/C3H7N3OS2/c4-6(5)2(8)1-3(7)9/h1,4-5H2,(H,7,9). The highest BCUT2D eigenvalue weighted by atomic mass is 32.1. The molecule has 0 aromatic carbocycles. The average molecular weight is 165 g/mol. The van der Waals surface area contributed by atoms with Gasteiger partial charge in [-0.2, -0.15) is 0 Å². The molecule has 0 unspecified atom stereocenters. The molecule has 0 bridgehead atoms. The van der Waals surface area contributed by atoms with E-state index >= 15 is 0 Å². The first-order valence-electron chi connectivity index (χ1n) is 2.08. The second-order valence-electron chi connectivity index (χ2n) is 1.37. The topological polar surface area (TPSA) is 72.3 Å². The van der Waals surface area contributed by atoms with Gasteiger partial charge >= 0.3 is 0 Å². The van der Waals surface area contributed by atoms with E-state index in [2.05, 4.69) is 24.8 Å². The van der Waals surface area contributed by atoms with Crippen LogP contribution in [0.1, 0.15) is 6.42 Å². The van der Waals surface area contributed by atoms with Gasteiger partial charge in [0.15, 0.2) is 5.12 Å². The van der Waals surface area contributed by atoms with Crippen molar-refractivity contribution < 1.29 is 4.79 Å². The van der Waals surface area contributed by atoms with Crippen LogP contribution in [0.15, 0.2) is 0 Å². The van der Waals surface area contributed by atoms with Crippen molar-refractivity contribution in [2.45, 2.75) is 6.42 Å². The van der Waals surface area contributed by atoms with Crippen LogP contribution in [0.2, 0.25) is 0 Å². The van der Waals surface area contributed by atoms with E-state index < -0.39 is 0 Å². The van der Waals surface area contributed by atoms with E-state index in [1.165, 1.54) is 0 Å². The number of carbonyl (C=O) groups excluding carboxylic acids is 1. The zero-order valence-electron chi connectivity index (χ0n) is 4.57. The molecule has 0 atom stereocenters. The number of carbonyl (C=O) groups is 1. The van der Waals surface area contributed by atoms with Crippen LogP contribution in [-0.4, -0.2) is 15.2 Å². The second kappa shape index (κ2) is 3.78. The highest BCUT2D eigenvalue weighted by Gasteiger charge is 2.02. The van der Waals surface area contributed by atoms with Crippen molar-refractivity contribution in [3.8, 4) is 0 Å². The fourth-order valence-electron chi connectivity index (χ4n) is 0.221. The lowest BCUT2D eigenvalue weighted by Gasteiger charge is -2.09. The molecule has 6 heteroatoms. The van der Waals surface area contributed by atoms with E-state index in [-0.39, 0.29) is 16.5 Å². The van der Waals surface area contributed by atoms with E-state index in [1.54, 1.807) is 0 Å². The Morgan fingerprint density at radius 1 is 1.67 bits per heavy atom. The third kappa shape index (κ3) is 4.34. The second-order valence-corrected chi connectivity index (χ2v) is 2.34. The molecule has 0 heterocycles. The van der Waals surface area contributed by atoms with Crippen LogP contribution in [0.5, 0.6) is 0 Å². The molecular formula is C3H7N3OS2. The number of hydrazine groups is 2. The van der Waals surface area contributed by atoms with Gasteiger partial charge in [-0.1, -0.05) is 12.2 Å². The first-order valence-corrected chi connectivity index (χ1v) is 2.93. The maximum atomic E-state index is 10.2. The summed E-state index contributed by atoms with van der Waals surface area (Å²) in [6, 6.07) is 0. The van der Waals surface area contributed by atoms with Crippen LogP contribution in [0.4, 0.5) is 0 Å². The molecule has 4 N–H and O–H groups in total. The third-order valence-corrected chi connectivity index (χ3v) is 1.10. The van der Waals surface area contributed by atoms with Gasteiger partial charge in [0.1, 0.15) is 4.99 Å². The first-order chi connectivity index (χ1) is 4.04. The van der Waals surface area contributed by atoms with Crippen molar-refractivity contribution >= 4 is 35.0 Å². The maximum absolute atomic E-state index is 10.2. The summed E-state index contributed by atoms with van der Waals surface area (Å²) in [6.45, 7) is 0. The Labute approximate surface area is 63.5 Å². The smallest absolute Gasteiger partial charge is 0.192 e. The van der Waals surface area contributed by atoms with Gasteiger partial charge in [0.05, 0.1) is 6.42 Å². The summed E-state index contributed by atoms with van der Waals surface area (Å²) in [5, 5.41) is 0.379. The summed E-state index contributed by atoms with van der Waals surface area (Å²) in [5.41, 5.74) is 0. The van der Waals surface area contributed by atoms with Crippen molar-refractivity contribution in [2.24, 2.45) is 11.7 Å². The summed E-state index contributed by atoms with van der Waals surface area (Å²) in [5.74, 6) is 9.94. The molecule has 0 spiro atoms. The largest absolute Gasteiger partial charge is 0.287 e. The first kappa shape index (κ1) is 8.83. The number of nitrogens with two attached hydrogens (primary N) is 2. The molecule has 0 rings (SSSR count). The van der Waals surface area contributed by atoms with E-state index in [4.69, 9.17) is 11.7 Å². The average Bonchev–Trinajstić information content (AvgIpc) is 1.63. The van der Waals surface area contributed by atoms with Gasteiger partial charge in [-0.3, -0.25) is 4.79 Å². The van der Waals surface area contributed by atoms with Crippen molar-refractivity contribution in [3.05, 3.63) is 0 Å². The van der Waals surface area contributed by atoms with Gasteiger partial charge in [0.25, 0.3) is 0 Å². The fraction of sp³-hybridized carbons (Fsp3) is 0.333. The minimum absolute atomic E-state index is 0.00540. The lowest BCUT2D eigenvalue weighted by atomic mass is 10.5. The lowest BCUT2D eigenvalue weighted by Crippen LogP contribution is -2.42. The minimum atomic E-state index is -0.346. The Kier molecular flexibility index (Phi) is 3.71. The number of hydrogen-bond donors (Lipinski definition) is 3. The third-order valence-electron chi connectivity index (χ3n) is 0.590. The van der Waals surface area contributed by atoms with Gasteiger partial charge in [-0.25, -0.2) is 16.8 Å². The number of hydrogen-bond acceptors (Lipinski definition) is 4. The Balaban J connectivity index is 3.64. The van der Waals surface area contributed by atoms with Crippen LogP contribution in [0.25, 0.3) is 0 Å². The van der Waals surface area contributed by atoms with Gasteiger partial charge in [-0.15, -0.1) is 12.6 Å². The molecule has 0 aromatic heterocycles. The molecule has 0 saturated heterocycles. The molecule has 0 saturated carbocycles.